The molecule has 110 valence electrons. The minimum absolute atomic E-state index is 0.0615. The molecule has 1 aromatic heterocycles. The first-order valence-corrected chi connectivity index (χ1v) is 6.56. The summed E-state index contributed by atoms with van der Waals surface area (Å²) >= 11 is 0. The maximum absolute atomic E-state index is 12.6. The third-order valence-corrected chi connectivity index (χ3v) is 3.25. The highest BCUT2D eigenvalue weighted by atomic mass is 19.4. The Morgan fingerprint density at radius 2 is 2.05 bits per heavy atom. The number of nitrogens with one attached hydrogen (secondary N) is 2. The number of hydrogen-bond donors (Lipinski definition) is 2. The quantitative estimate of drug-likeness (QED) is 0.888. The highest BCUT2D eigenvalue weighted by Gasteiger charge is 2.32. The number of alkyl halides is 3. The number of halogens is 3. The van der Waals surface area contributed by atoms with Crippen LogP contribution in [0.5, 0.6) is 0 Å². The molecule has 1 aliphatic rings. The Bertz CT molecular complexity index is 655. The molecule has 0 aliphatic carbocycles. The summed E-state index contributed by atoms with van der Waals surface area (Å²) < 4.78 is 37.8. The fourth-order valence-corrected chi connectivity index (χ4v) is 2.26. The maximum Gasteiger partial charge on any atom is 0.433 e. The molecule has 0 spiro atoms. The van der Waals surface area contributed by atoms with Crippen LogP contribution in [0.25, 0.3) is 0 Å². The highest BCUT2D eigenvalue weighted by molar-refractivity contribution is 5.63. The predicted octanol–water partition coefficient (Wildman–Crippen LogP) is 3.60. The second-order valence-corrected chi connectivity index (χ2v) is 4.79. The van der Waals surface area contributed by atoms with E-state index in [1.54, 1.807) is 6.07 Å². The lowest BCUT2D eigenvalue weighted by Gasteiger charge is -2.18. The van der Waals surface area contributed by atoms with Crippen LogP contribution in [0.2, 0.25) is 0 Å². The van der Waals surface area contributed by atoms with E-state index in [4.69, 9.17) is 0 Å². The van der Waals surface area contributed by atoms with Crippen molar-refractivity contribution in [3.05, 3.63) is 41.7 Å². The fourth-order valence-electron chi connectivity index (χ4n) is 2.26. The standard InChI is InChI=1S/C14H13F3N4/c15-14(16,17)12-5-7-19-13(21-12)20-10-3-4-11-9(8-10)2-1-6-18-11/h3-5,7-8,18H,1-2,6H2,(H,19,20,21). The van der Waals surface area contributed by atoms with Crippen molar-refractivity contribution in [3.8, 4) is 0 Å². The van der Waals surface area contributed by atoms with Crippen molar-refractivity contribution in [3.63, 3.8) is 0 Å². The van der Waals surface area contributed by atoms with Crippen LogP contribution < -0.4 is 10.6 Å². The molecule has 1 aromatic carbocycles. The third-order valence-electron chi connectivity index (χ3n) is 3.25. The van der Waals surface area contributed by atoms with Gasteiger partial charge >= 0.3 is 6.18 Å². The van der Waals surface area contributed by atoms with Crippen molar-refractivity contribution in [1.82, 2.24) is 9.97 Å². The first-order valence-electron chi connectivity index (χ1n) is 6.56. The molecule has 0 unspecified atom stereocenters. The van der Waals surface area contributed by atoms with Crippen molar-refractivity contribution in [2.45, 2.75) is 19.0 Å². The molecule has 0 atom stereocenters. The van der Waals surface area contributed by atoms with Gasteiger partial charge in [-0.2, -0.15) is 13.2 Å². The van der Waals surface area contributed by atoms with Crippen molar-refractivity contribution in [2.75, 3.05) is 17.2 Å². The Kier molecular flexibility index (Phi) is 3.40. The maximum atomic E-state index is 12.6. The molecule has 1 aliphatic heterocycles. The zero-order valence-electron chi connectivity index (χ0n) is 11.0. The summed E-state index contributed by atoms with van der Waals surface area (Å²) in [4.78, 5) is 7.31. The van der Waals surface area contributed by atoms with Gasteiger partial charge in [-0.15, -0.1) is 0 Å². The second-order valence-electron chi connectivity index (χ2n) is 4.79. The van der Waals surface area contributed by atoms with Crippen LogP contribution in [0.4, 0.5) is 30.5 Å². The number of aryl methyl sites for hydroxylation is 1. The first-order chi connectivity index (χ1) is 10.0. The van der Waals surface area contributed by atoms with Crippen molar-refractivity contribution in [1.29, 1.82) is 0 Å². The summed E-state index contributed by atoms with van der Waals surface area (Å²) in [7, 11) is 0. The summed E-state index contributed by atoms with van der Waals surface area (Å²) in [5, 5.41) is 6.09. The van der Waals surface area contributed by atoms with Crippen LogP contribution in [0.15, 0.2) is 30.5 Å². The lowest BCUT2D eigenvalue weighted by atomic mass is 10.0. The van der Waals surface area contributed by atoms with Gasteiger partial charge in [0, 0.05) is 24.1 Å². The fraction of sp³-hybridized carbons (Fsp3) is 0.286. The van der Waals surface area contributed by atoms with Gasteiger partial charge in [-0.05, 0) is 42.7 Å². The second kappa shape index (κ2) is 5.23. The molecule has 21 heavy (non-hydrogen) atoms. The Labute approximate surface area is 119 Å². The molecule has 0 bridgehead atoms. The Balaban J connectivity index is 1.83. The topological polar surface area (TPSA) is 49.8 Å². The smallest absolute Gasteiger partial charge is 0.385 e. The average Bonchev–Trinajstić information content (AvgIpc) is 2.46. The van der Waals surface area contributed by atoms with Gasteiger partial charge in [0.25, 0.3) is 0 Å². The van der Waals surface area contributed by atoms with E-state index >= 15 is 0 Å². The van der Waals surface area contributed by atoms with Crippen LogP contribution in [-0.2, 0) is 12.6 Å². The van der Waals surface area contributed by atoms with Gasteiger partial charge in [0.2, 0.25) is 5.95 Å². The van der Waals surface area contributed by atoms with Gasteiger partial charge < -0.3 is 10.6 Å². The SMILES string of the molecule is FC(F)(F)c1ccnc(Nc2ccc3c(c2)CCCN3)n1. The molecule has 7 heteroatoms. The normalized spacial score (nSPS) is 14.2. The summed E-state index contributed by atoms with van der Waals surface area (Å²) in [5.74, 6) is -0.0615. The number of nitrogens with zero attached hydrogens (tertiary/aromatic N) is 2. The van der Waals surface area contributed by atoms with E-state index in [1.807, 2.05) is 12.1 Å². The summed E-state index contributed by atoms with van der Waals surface area (Å²) in [6.45, 7) is 0.941. The average molecular weight is 294 g/mol. The van der Waals surface area contributed by atoms with Crippen molar-refractivity contribution in [2.24, 2.45) is 0 Å². The van der Waals surface area contributed by atoms with Crippen molar-refractivity contribution < 1.29 is 13.2 Å². The lowest BCUT2D eigenvalue weighted by molar-refractivity contribution is -0.141. The van der Waals surface area contributed by atoms with Gasteiger partial charge in [0.1, 0.15) is 5.69 Å². The Hall–Kier alpha value is -2.31. The molecule has 2 heterocycles. The van der Waals surface area contributed by atoms with Crippen LogP contribution >= 0.6 is 0 Å². The van der Waals surface area contributed by atoms with Gasteiger partial charge in [0.05, 0.1) is 0 Å². The zero-order chi connectivity index (χ0) is 14.9. The van der Waals surface area contributed by atoms with E-state index < -0.39 is 11.9 Å². The van der Waals surface area contributed by atoms with Gasteiger partial charge in [-0.3, -0.25) is 0 Å². The van der Waals surface area contributed by atoms with Crippen LogP contribution in [0.3, 0.4) is 0 Å². The summed E-state index contributed by atoms with van der Waals surface area (Å²) in [5.41, 5.74) is 1.92. The van der Waals surface area contributed by atoms with Crippen molar-refractivity contribution >= 4 is 17.3 Å². The summed E-state index contributed by atoms with van der Waals surface area (Å²) in [6.07, 6.45) is -1.39. The molecule has 0 saturated heterocycles. The van der Waals surface area contributed by atoms with E-state index in [0.29, 0.717) is 5.69 Å². The Morgan fingerprint density at radius 3 is 2.86 bits per heavy atom. The monoisotopic (exact) mass is 294 g/mol. The van der Waals surface area contributed by atoms with Gasteiger partial charge in [-0.1, -0.05) is 0 Å². The molecule has 0 amide bonds. The van der Waals surface area contributed by atoms with Crippen LogP contribution in [0, 0.1) is 0 Å². The molecular formula is C14H13F3N4. The van der Waals surface area contributed by atoms with E-state index in [-0.39, 0.29) is 5.95 Å². The molecule has 4 nitrogen and oxygen atoms in total. The zero-order valence-corrected chi connectivity index (χ0v) is 11.0. The van der Waals surface area contributed by atoms with Gasteiger partial charge in [-0.25, -0.2) is 9.97 Å². The Morgan fingerprint density at radius 1 is 1.19 bits per heavy atom. The first kappa shape index (κ1) is 13.7. The number of benzene rings is 1. The predicted molar refractivity (Wildman–Crippen MR) is 73.6 cm³/mol. The molecule has 0 saturated carbocycles. The largest absolute Gasteiger partial charge is 0.433 e. The van der Waals surface area contributed by atoms with Gasteiger partial charge in [0.15, 0.2) is 0 Å². The number of anilines is 3. The number of aromatic nitrogens is 2. The van der Waals surface area contributed by atoms with E-state index in [1.165, 1.54) is 0 Å². The molecule has 2 aromatic rings. The number of hydrogen-bond acceptors (Lipinski definition) is 4. The minimum Gasteiger partial charge on any atom is -0.385 e. The molecule has 0 radical (unpaired) electrons. The van der Waals surface area contributed by atoms with Crippen LogP contribution in [0.1, 0.15) is 17.7 Å². The lowest BCUT2D eigenvalue weighted by Crippen LogP contribution is -2.12. The molecule has 2 N–H and O–H groups in total. The highest BCUT2D eigenvalue weighted by Crippen LogP contribution is 2.29. The summed E-state index contributed by atoms with van der Waals surface area (Å²) in [6, 6.07) is 6.46. The third kappa shape index (κ3) is 3.07. The molecule has 0 fully saturated rings. The molecular weight excluding hydrogens is 281 g/mol. The number of fused-ring (bicyclic) bond motifs is 1. The van der Waals surface area contributed by atoms with Crippen LogP contribution in [-0.4, -0.2) is 16.5 Å². The molecule has 3 rings (SSSR count). The van der Waals surface area contributed by atoms with E-state index in [0.717, 1.165) is 42.9 Å². The van der Waals surface area contributed by atoms with E-state index in [9.17, 15) is 13.2 Å². The number of rotatable bonds is 2. The van der Waals surface area contributed by atoms with E-state index in [2.05, 4.69) is 20.6 Å². The minimum atomic E-state index is -4.47.